The maximum atomic E-state index is 14.1. The first kappa shape index (κ1) is 42.3. The lowest BCUT2D eigenvalue weighted by molar-refractivity contribution is -0.143. The van der Waals surface area contributed by atoms with E-state index in [1.807, 2.05) is 91.0 Å². The molecule has 6 rings (SSSR count). The third-order valence-electron chi connectivity index (χ3n) is 9.39. The zero-order valence-corrected chi connectivity index (χ0v) is 31.7. The molecule has 6 aromatic carbocycles. The van der Waals surface area contributed by atoms with Crippen LogP contribution in [0.4, 0.5) is 13.2 Å². The summed E-state index contributed by atoms with van der Waals surface area (Å²) < 4.78 is 46.9. The van der Waals surface area contributed by atoms with Gasteiger partial charge in [-0.1, -0.05) is 127 Å². The van der Waals surface area contributed by atoms with Gasteiger partial charge in [-0.15, -0.1) is 0 Å². The van der Waals surface area contributed by atoms with Crippen LogP contribution in [0.15, 0.2) is 146 Å². The predicted molar refractivity (Wildman–Crippen MR) is 213 cm³/mol. The lowest BCUT2D eigenvalue weighted by Gasteiger charge is -2.20. The van der Waals surface area contributed by atoms with Crippen molar-refractivity contribution >= 4 is 17.9 Å². The van der Waals surface area contributed by atoms with Gasteiger partial charge in [0.1, 0.15) is 17.5 Å². The molecule has 0 spiro atoms. The van der Waals surface area contributed by atoms with E-state index in [0.717, 1.165) is 16.7 Å². The minimum Gasteiger partial charge on any atom is -0.481 e. The van der Waals surface area contributed by atoms with Gasteiger partial charge in [0.15, 0.2) is 0 Å². The summed E-state index contributed by atoms with van der Waals surface area (Å²) in [5, 5.41) is 18.0. The van der Waals surface area contributed by atoms with Crippen molar-refractivity contribution in [3.63, 3.8) is 0 Å². The van der Waals surface area contributed by atoms with Gasteiger partial charge in [0.2, 0.25) is 0 Å². The molecule has 0 aromatic heterocycles. The molecule has 0 bridgehead atoms. The molecule has 0 aliphatic carbocycles. The molecule has 6 aromatic rings. The van der Waals surface area contributed by atoms with Gasteiger partial charge < -0.3 is 14.9 Å². The standard InChI is InChI=1S/2C16H15FO2.C15H13FO2/c1-16(2,15(18)19)12-8-9-13(14(17)10-12)11-6-4-3-5-7-11;1-11(16(18)19-2)13-8-9-14(15(17)10-13)12-6-4-3-5-7-12;1-10(15(17)18)12-7-8-13(14(16)9-12)11-5-3-2-4-6-11/h3-10H,1-2H3,(H,18,19);3-11H,1-2H3;2-10H,1H3,(H,17,18). The lowest BCUT2D eigenvalue weighted by Crippen LogP contribution is -2.28. The fourth-order valence-corrected chi connectivity index (χ4v) is 5.64. The van der Waals surface area contributed by atoms with Crippen LogP contribution < -0.4 is 0 Å². The molecule has 0 amide bonds. The Labute approximate surface area is 324 Å². The number of carboxylic acids is 2. The highest BCUT2D eigenvalue weighted by Gasteiger charge is 2.30. The Bertz CT molecular complexity index is 2260. The molecular weight excluding hydrogens is 718 g/mol. The van der Waals surface area contributed by atoms with E-state index in [9.17, 15) is 27.6 Å². The summed E-state index contributed by atoms with van der Waals surface area (Å²) in [5.74, 6) is -4.61. The number of hydrogen-bond acceptors (Lipinski definition) is 4. The third-order valence-corrected chi connectivity index (χ3v) is 9.39. The average molecular weight is 761 g/mol. The molecule has 0 heterocycles. The van der Waals surface area contributed by atoms with Crippen LogP contribution in [-0.2, 0) is 24.5 Å². The van der Waals surface area contributed by atoms with Gasteiger partial charge in [0, 0.05) is 16.7 Å². The predicted octanol–water partition coefficient (Wildman–Crippen LogP) is 11.3. The minimum atomic E-state index is -1.10. The summed E-state index contributed by atoms with van der Waals surface area (Å²) in [4.78, 5) is 33.4. The SMILES string of the molecule is CC(C(=O)O)c1ccc(-c2ccccc2)c(F)c1.CC(C)(C(=O)O)c1ccc(-c2ccccc2)c(F)c1.COC(=O)C(C)c1ccc(-c2ccccc2)c(F)c1. The first-order valence-corrected chi connectivity index (χ1v) is 17.7. The Morgan fingerprint density at radius 3 is 1.21 bits per heavy atom. The largest absolute Gasteiger partial charge is 0.481 e. The molecule has 0 fully saturated rings. The number of methoxy groups -OCH3 is 1. The van der Waals surface area contributed by atoms with Crippen LogP contribution in [0.2, 0.25) is 0 Å². The van der Waals surface area contributed by atoms with Crippen LogP contribution in [0.25, 0.3) is 33.4 Å². The van der Waals surface area contributed by atoms with E-state index < -0.39 is 40.8 Å². The lowest BCUT2D eigenvalue weighted by atomic mass is 9.84. The van der Waals surface area contributed by atoms with Crippen LogP contribution in [0.5, 0.6) is 0 Å². The van der Waals surface area contributed by atoms with E-state index in [-0.39, 0.29) is 11.8 Å². The third kappa shape index (κ3) is 10.6. The fraction of sp³-hybridized carbons (Fsp3) is 0.170. The zero-order chi connectivity index (χ0) is 41.0. The van der Waals surface area contributed by atoms with Gasteiger partial charge >= 0.3 is 17.9 Å². The highest BCUT2D eigenvalue weighted by Crippen LogP contribution is 2.30. The summed E-state index contributed by atoms with van der Waals surface area (Å²) in [6.45, 7) is 6.36. The maximum absolute atomic E-state index is 14.1. The number of halogens is 3. The van der Waals surface area contributed by atoms with Crippen molar-refractivity contribution < 1.29 is 42.5 Å². The molecule has 2 atom stereocenters. The molecule has 0 aliphatic rings. The quantitative estimate of drug-likeness (QED) is 0.142. The molecule has 0 saturated carbocycles. The van der Waals surface area contributed by atoms with E-state index >= 15 is 0 Å². The number of benzene rings is 6. The first-order valence-electron chi connectivity index (χ1n) is 17.7. The summed E-state index contributed by atoms with van der Waals surface area (Å²) >= 11 is 0. The van der Waals surface area contributed by atoms with Crippen molar-refractivity contribution in [2.45, 2.75) is 44.9 Å². The number of carbonyl (C=O) groups is 3. The fourth-order valence-electron chi connectivity index (χ4n) is 5.64. The van der Waals surface area contributed by atoms with Crippen LogP contribution in [0.1, 0.15) is 56.2 Å². The van der Waals surface area contributed by atoms with Crippen LogP contribution in [0, 0.1) is 17.5 Å². The van der Waals surface area contributed by atoms with Gasteiger partial charge in [-0.25, -0.2) is 13.2 Å². The average Bonchev–Trinajstić information content (AvgIpc) is 3.21. The Kier molecular flexibility index (Phi) is 14.5. The molecule has 0 saturated heterocycles. The van der Waals surface area contributed by atoms with Crippen molar-refractivity contribution in [3.05, 3.63) is 180 Å². The van der Waals surface area contributed by atoms with Crippen molar-refractivity contribution in [1.29, 1.82) is 0 Å². The van der Waals surface area contributed by atoms with Gasteiger partial charge in [-0.2, -0.15) is 0 Å². The molecule has 56 heavy (non-hydrogen) atoms. The molecule has 2 N–H and O–H groups in total. The Balaban J connectivity index is 0.000000187. The molecule has 9 heteroatoms. The first-order chi connectivity index (χ1) is 26.6. The van der Waals surface area contributed by atoms with Crippen molar-refractivity contribution in [3.8, 4) is 33.4 Å². The monoisotopic (exact) mass is 760 g/mol. The molecule has 2 unspecified atom stereocenters. The Morgan fingerprint density at radius 2 is 0.893 bits per heavy atom. The Hall–Kier alpha value is -6.48. The van der Waals surface area contributed by atoms with Gasteiger partial charge in [-0.05, 0) is 79.3 Å². The van der Waals surface area contributed by atoms with E-state index in [1.54, 1.807) is 64.1 Å². The summed E-state index contributed by atoms with van der Waals surface area (Å²) in [7, 11) is 1.33. The van der Waals surface area contributed by atoms with Crippen LogP contribution >= 0.6 is 0 Å². The van der Waals surface area contributed by atoms with Crippen molar-refractivity contribution in [2.24, 2.45) is 0 Å². The minimum absolute atomic E-state index is 0.334. The zero-order valence-electron chi connectivity index (χ0n) is 31.7. The highest BCUT2D eigenvalue weighted by atomic mass is 19.1. The number of esters is 1. The van der Waals surface area contributed by atoms with Gasteiger partial charge in [0.05, 0.1) is 24.4 Å². The molecule has 288 valence electrons. The smallest absolute Gasteiger partial charge is 0.313 e. The van der Waals surface area contributed by atoms with Gasteiger partial charge in [-0.3, -0.25) is 14.4 Å². The number of carbonyl (C=O) groups excluding carboxylic acids is 1. The molecule has 0 aliphatic heterocycles. The van der Waals surface area contributed by atoms with Crippen LogP contribution in [0.3, 0.4) is 0 Å². The molecule has 0 radical (unpaired) electrons. The maximum Gasteiger partial charge on any atom is 0.313 e. The van der Waals surface area contributed by atoms with Crippen LogP contribution in [-0.4, -0.2) is 35.2 Å². The number of ether oxygens (including phenoxy) is 1. The highest BCUT2D eigenvalue weighted by molar-refractivity contribution is 5.81. The number of aliphatic carboxylic acids is 2. The topological polar surface area (TPSA) is 101 Å². The number of carboxylic acid groups (broad SMARTS) is 2. The summed E-state index contributed by atoms with van der Waals surface area (Å²) in [5.41, 5.74) is 4.31. The second kappa shape index (κ2) is 19.2. The number of hydrogen-bond donors (Lipinski definition) is 2. The number of rotatable bonds is 9. The second-order valence-corrected chi connectivity index (χ2v) is 13.5. The summed E-state index contributed by atoms with van der Waals surface area (Å²) in [6, 6.07) is 41.7. The molecule has 6 nitrogen and oxygen atoms in total. The van der Waals surface area contributed by atoms with E-state index in [2.05, 4.69) is 4.74 Å². The molecular formula is C47H43F3O6. The van der Waals surface area contributed by atoms with Gasteiger partial charge in [0.25, 0.3) is 0 Å². The summed E-state index contributed by atoms with van der Waals surface area (Å²) in [6.07, 6.45) is 0. The Morgan fingerprint density at radius 1 is 0.536 bits per heavy atom. The second-order valence-electron chi connectivity index (χ2n) is 13.5. The normalized spacial score (nSPS) is 11.8. The van der Waals surface area contributed by atoms with E-state index in [4.69, 9.17) is 10.2 Å². The van der Waals surface area contributed by atoms with E-state index in [1.165, 1.54) is 25.3 Å². The van der Waals surface area contributed by atoms with E-state index in [0.29, 0.717) is 33.4 Å². The van der Waals surface area contributed by atoms with Crippen molar-refractivity contribution in [2.75, 3.05) is 7.11 Å². The van der Waals surface area contributed by atoms with Crippen molar-refractivity contribution in [1.82, 2.24) is 0 Å².